The fraction of sp³-hybridized carbons (Fsp3) is 0.286. The van der Waals surface area contributed by atoms with Crippen molar-refractivity contribution in [3.8, 4) is 11.8 Å². The third kappa shape index (κ3) is 3.76. The molecule has 1 amide bonds. The second-order valence-corrected chi connectivity index (χ2v) is 5.17. The Morgan fingerprint density at radius 2 is 2.16 bits per heavy atom. The lowest BCUT2D eigenvalue weighted by Gasteiger charge is -2.25. The quantitative estimate of drug-likeness (QED) is 0.739. The summed E-state index contributed by atoms with van der Waals surface area (Å²) in [6.45, 7) is 4.00. The standard InChI is InChI=1S/C14H13NO3S/c1-3-17-13-15-12(16)18-14(2,19-13)10-9-11-7-5-4-6-8-11/h4-8H,3H2,1-2H3. The lowest BCUT2D eigenvalue weighted by atomic mass is 10.2. The van der Waals surface area contributed by atoms with Crippen LogP contribution in [0.25, 0.3) is 0 Å². The first-order valence-electron chi connectivity index (χ1n) is 5.83. The van der Waals surface area contributed by atoms with Crippen LogP contribution in [-0.4, -0.2) is 22.9 Å². The molecule has 0 bridgehead atoms. The van der Waals surface area contributed by atoms with E-state index in [4.69, 9.17) is 9.47 Å². The molecule has 4 nitrogen and oxygen atoms in total. The van der Waals surface area contributed by atoms with Gasteiger partial charge in [-0.05, 0) is 43.7 Å². The smallest absolute Gasteiger partial charge is 0.439 e. The van der Waals surface area contributed by atoms with Crippen molar-refractivity contribution in [1.82, 2.24) is 0 Å². The number of aliphatic imine (C=N–C) groups is 1. The SMILES string of the molecule is CCOC1=NC(=O)OC(C)(C#Cc2ccccc2)S1. The number of ether oxygens (including phenoxy) is 2. The Balaban J connectivity index is 2.18. The normalized spacial score (nSPS) is 21.8. The van der Waals surface area contributed by atoms with Gasteiger partial charge in [0.25, 0.3) is 5.23 Å². The van der Waals surface area contributed by atoms with Crippen LogP contribution in [0.1, 0.15) is 19.4 Å². The maximum atomic E-state index is 11.4. The summed E-state index contributed by atoms with van der Waals surface area (Å²) in [6, 6.07) is 9.51. The fourth-order valence-corrected chi connectivity index (χ4v) is 2.26. The third-order valence-corrected chi connectivity index (χ3v) is 3.18. The number of carbonyl (C=O) groups is 1. The molecule has 0 radical (unpaired) electrons. The van der Waals surface area contributed by atoms with Crippen LogP contribution in [0.2, 0.25) is 0 Å². The van der Waals surface area contributed by atoms with E-state index in [-0.39, 0.29) is 0 Å². The maximum absolute atomic E-state index is 11.4. The average molecular weight is 275 g/mol. The molecule has 98 valence electrons. The Bertz CT molecular complexity index is 559. The fourth-order valence-electron chi connectivity index (χ4n) is 1.42. The lowest BCUT2D eigenvalue weighted by molar-refractivity contribution is 0.123. The summed E-state index contributed by atoms with van der Waals surface area (Å²) in [6.07, 6.45) is -0.674. The van der Waals surface area contributed by atoms with E-state index in [0.29, 0.717) is 11.8 Å². The van der Waals surface area contributed by atoms with Gasteiger partial charge in [-0.15, -0.1) is 4.99 Å². The maximum Gasteiger partial charge on any atom is 0.439 e. The van der Waals surface area contributed by atoms with E-state index in [1.165, 1.54) is 11.8 Å². The minimum atomic E-state index is -0.973. The van der Waals surface area contributed by atoms with Crippen molar-refractivity contribution in [2.24, 2.45) is 4.99 Å². The summed E-state index contributed by atoms with van der Waals surface area (Å²) in [5.74, 6) is 5.92. The zero-order valence-electron chi connectivity index (χ0n) is 10.7. The molecule has 0 saturated heterocycles. The molecule has 0 fully saturated rings. The van der Waals surface area contributed by atoms with Gasteiger partial charge in [-0.25, -0.2) is 4.79 Å². The Morgan fingerprint density at radius 3 is 2.84 bits per heavy atom. The zero-order chi connectivity index (χ0) is 13.7. The van der Waals surface area contributed by atoms with Crippen molar-refractivity contribution in [3.63, 3.8) is 0 Å². The Hall–Kier alpha value is -1.93. The minimum Gasteiger partial charge on any atom is -0.473 e. The van der Waals surface area contributed by atoms with Gasteiger partial charge in [0.05, 0.1) is 6.61 Å². The van der Waals surface area contributed by atoms with Gasteiger partial charge in [0, 0.05) is 5.56 Å². The molecule has 1 unspecified atom stereocenters. The van der Waals surface area contributed by atoms with Gasteiger partial charge < -0.3 is 9.47 Å². The molecule has 0 saturated carbocycles. The van der Waals surface area contributed by atoms with Gasteiger partial charge in [0.1, 0.15) is 0 Å². The lowest BCUT2D eigenvalue weighted by Crippen LogP contribution is -2.32. The van der Waals surface area contributed by atoms with Crippen molar-refractivity contribution in [2.75, 3.05) is 6.61 Å². The van der Waals surface area contributed by atoms with Crippen LogP contribution in [0.5, 0.6) is 0 Å². The number of nitrogens with zero attached hydrogens (tertiary/aromatic N) is 1. The Labute approximate surface area is 116 Å². The van der Waals surface area contributed by atoms with E-state index in [2.05, 4.69) is 16.8 Å². The molecule has 0 spiro atoms. The van der Waals surface area contributed by atoms with Crippen LogP contribution in [0.15, 0.2) is 35.3 Å². The number of hydrogen-bond donors (Lipinski definition) is 0. The second kappa shape index (κ2) is 5.81. The molecule has 0 aromatic heterocycles. The van der Waals surface area contributed by atoms with Crippen molar-refractivity contribution >= 4 is 23.1 Å². The first-order chi connectivity index (χ1) is 9.11. The summed E-state index contributed by atoms with van der Waals surface area (Å²) in [5, 5.41) is 0.295. The van der Waals surface area contributed by atoms with Crippen LogP contribution in [0, 0.1) is 11.8 Å². The minimum absolute atomic E-state index is 0.295. The molecule has 2 rings (SSSR count). The summed E-state index contributed by atoms with van der Waals surface area (Å²) in [4.78, 5) is 14.1. The van der Waals surface area contributed by atoms with E-state index in [1.807, 2.05) is 37.3 Å². The predicted octanol–water partition coefficient (Wildman–Crippen LogP) is 3.03. The van der Waals surface area contributed by atoms with Crippen molar-refractivity contribution in [2.45, 2.75) is 18.8 Å². The molecule has 5 heteroatoms. The molecule has 1 aromatic carbocycles. The summed E-state index contributed by atoms with van der Waals surface area (Å²) >= 11 is 1.19. The molecule has 0 aliphatic carbocycles. The number of carbonyl (C=O) groups excluding carboxylic acids is 1. The third-order valence-electron chi connectivity index (χ3n) is 2.22. The number of rotatable bonds is 1. The molecular formula is C14H13NO3S. The zero-order valence-corrected chi connectivity index (χ0v) is 11.5. The Morgan fingerprint density at radius 1 is 1.42 bits per heavy atom. The average Bonchev–Trinajstić information content (AvgIpc) is 2.37. The van der Waals surface area contributed by atoms with E-state index < -0.39 is 11.0 Å². The molecule has 0 N–H and O–H groups in total. The summed E-state index contributed by atoms with van der Waals surface area (Å²) in [7, 11) is 0. The molecule has 1 aromatic rings. The number of benzene rings is 1. The van der Waals surface area contributed by atoms with Gasteiger partial charge in [-0.2, -0.15) is 0 Å². The molecule has 19 heavy (non-hydrogen) atoms. The number of thioether (sulfide) groups is 1. The highest BCUT2D eigenvalue weighted by Crippen LogP contribution is 2.32. The monoisotopic (exact) mass is 275 g/mol. The molecule has 1 atom stereocenters. The number of amides is 1. The van der Waals surface area contributed by atoms with Crippen molar-refractivity contribution in [3.05, 3.63) is 35.9 Å². The highest BCUT2D eigenvalue weighted by Gasteiger charge is 2.35. The first-order valence-corrected chi connectivity index (χ1v) is 6.64. The van der Waals surface area contributed by atoms with E-state index in [0.717, 1.165) is 5.56 Å². The number of cyclic esters (lactones) is 1. The van der Waals surface area contributed by atoms with Crippen LogP contribution >= 0.6 is 11.8 Å². The van der Waals surface area contributed by atoms with E-state index in [1.54, 1.807) is 6.92 Å². The van der Waals surface area contributed by atoms with Gasteiger partial charge in [0.15, 0.2) is 0 Å². The summed E-state index contributed by atoms with van der Waals surface area (Å²) < 4.78 is 10.4. The first kappa shape index (κ1) is 13.5. The highest BCUT2D eigenvalue weighted by atomic mass is 32.2. The predicted molar refractivity (Wildman–Crippen MR) is 74.9 cm³/mol. The van der Waals surface area contributed by atoms with Crippen LogP contribution in [-0.2, 0) is 9.47 Å². The van der Waals surface area contributed by atoms with Gasteiger partial charge in [-0.3, -0.25) is 0 Å². The molecule has 1 heterocycles. The highest BCUT2D eigenvalue weighted by molar-refractivity contribution is 8.14. The van der Waals surface area contributed by atoms with E-state index >= 15 is 0 Å². The van der Waals surface area contributed by atoms with Crippen LogP contribution in [0.4, 0.5) is 4.79 Å². The van der Waals surface area contributed by atoms with Gasteiger partial charge >= 0.3 is 6.09 Å². The molecule has 1 aliphatic heterocycles. The topological polar surface area (TPSA) is 47.9 Å². The van der Waals surface area contributed by atoms with Crippen molar-refractivity contribution < 1.29 is 14.3 Å². The number of hydrogen-bond acceptors (Lipinski definition) is 4. The van der Waals surface area contributed by atoms with Crippen LogP contribution < -0.4 is 0 Å². The molecule has 1 aliphatic rings. The van der Waals surface area contributed by atoms with E-state index in [9.17, 15) is 4.79 Å². The van der Waals surface area contributed by atoms with Gasteiger partial charge in [0.2, 0.25) is 4.93 Å². The Kier molecular flexibility index (Phi) is 4.13. The summed E-state index contributed by atoms with van der Waals surface area (Å²) in [5.41, 5.74) is 0.862. The van der Waals surface area contributed by atoms with Crippen LogP contribution in [0.3, 0.4) is 0 Å². The van der Waals surface area contributed by atoms with Gasteiger partial charge in [-0.1, -0.05) is 24.1 Å². The largest absolute Gasteiger partial charge is 0.473 e. The van der Waals surface area contributed by atoms with Crippen molar-refractivity contribution in [1.29, 1.82) is 0 Å². The molecular weight excluding hydrogens is 262 g/mol. The second-order valence-electron chi connectivity index (χ2n) is 3.84.